The topological polar surface area (TPSA) is 49.4 Å². The largest absolute Gasteiger partial charge is 0.388 e. The molecule has 0 atom stereocenters. The van der Waals surface area contributed by atoms with Crippen LogP contribution in [-0.2, 0) is 10.0 Å². The Morgan fingerprint density at radius 1 is 1.00 bits per heavy atom. The van der Waals surface area contributed by atoms with E-state index in [1.54, 1.807) is 4.31 Å². The highest BCUT2D eigenvalue weighted by atomic mass is 32.2. The molecule has 1 aliphatic rings. The van der Waals surface area contributed by atoms with Gasteiger partial charge in [-0.25, -0.2) is 8.42 Å². The van der Waals surface area contributed by atoms with Crippen LogP contribution in [0.3, 0.4) is 0 Å². The Bertz CT molecular complexity index is 551. The molecule has 1 heterocycles. The lowest BCUT2D eigenvalue weighted by molar-refractivity contribution is 0.423. The summed E-state index contributed by atoms with van der Waals surface area (Å²) in [7, 11) is -1.52. The summed E-state index contributed by atoms with van der Waals surface area (Å²) in [4.78, 5) is 0.485. The zero-order valence-corrected chi connectivity index (χ0v) is 13.4. The minimum absolute atomic E-state index is 0.485. The van der Waals surface area contributed by atoms with Crippen LogP contribution in [0.4, 0.5) is 5.69 Å². The Morgan fingerprint density at radius 3 is 1.95 bits per heavy atom. The van der Waals surface area contributed by atoms with Gasteiger partial charge in [0.1, 0.15) is 0 Å². The van der Waals surface area contributed by atoms with Crippen molar-refractivity contribution in [2.45, 2.75) is 44.4 Å². The van der Waals surface area contributed by atoms with Crippen molar-refractivity contribution in [3.63, 3.8) is 0 Å². The first-order valence-corrected chi connectivity index (χ1v) is 8.70. The van der Waals surface area contributed by atoms with E-state index < -0.39 is 10.0 Å². The summed E-state index contributed by atoms with van der Waals surface area (Å²) in [5.41, 5.74) is 2.59. The van der Waals surface area contributed by atoms with E-state index in [0.717, 1.165) is 42.5 Å². The molecule has 0 radical (unpaired) electrons. The van der Waals surface area contributed by atoms with E-state index in [1.807, 2.05) is 33.0 Å². The van der Waals surface area contributed by atoms with Gasteiger partial charge < -0.3 is 5.32 Å². The van der Waals surface area contributed by atoms with Crippen molar-refractivity contribution < 1.29 is 8.42 Å². The average molecular weight is 296 g/mol. The quantitative estimate of drug-likeness (QED) is 0.933. The number of hydrogen-bond donors (Lipinski definition) is 1. The molecule has 20 heavy (non-hydrogen) atoms. The summed E-state index contributed by atoms with van der Waals surface area (Å²) in [5, 5.41) is 3.07. The van der Waals surface area contributed by atoms with Crippen molar-refractivity contribution in [2.24, 2.45) is 0 Å². The average Bonchev–Trinajstić information content (AvgIpc) is 2.66. The standard InChI is InChI=1S/C15H24N2O2S/c1-12-10-14(16-3)11-13(2)15(12)20(18,19)17-8-6-4-5-7-9-17/h10-11,16H,4-9H2,1-3H3. The molecule has 0 bridgehead atoms. The monoisotopic (exact) mass is 296 g/mol. The van der Waals surface area contributed by atoms with Gasteiger partial charge in [0.15, 0.2) is 0 Å². The lowest BCUT2D eigenvalue weighted by Crippen LogP contribution is -2.32. The molecule has 1 aliphatic heterocycles. The first kappa shape index (κ1) is 15.3. The first-order valence-electron chi connectivity index (χ1n) is 7.26. The zero-order valence-electron chi connectivity index (χ0n) is 12.6. The highest BCUT2D eigenvalue weighted by Gasteiger charge is 2.28. The van der Waals surface area contributed by atoms with E-state index in [1.165, 1.54) is 0 Å². The molecule has 0 saturated carbocycles. The van der Waals surface area contributed by atoms with Gasteiger partial charge in [0.25, 0.3) is 0 Å². The summed E-state index contributed by atoms with van der Waals surface area (Å²) in [6, 6.07) is 3.80. The van der Waals surface area contributed by atoms with Gasteiger partial charge in [-0.15, -0.1) is 0 Å². The Kier molecular flexibility index (Phi) is 4.70. The number of nitrogens with zero attached hydrogens (tertiary/aromatic N) is 1. The van der Waals surface area contributed by atoms with Crippen molar-refractivity contribution in [1.82, 2.24) is 4.31 Å². The van der Waals surface area contributed by atoms with E-state index >= 15 is 0 Å². The fourth-order valence-corrected chi connectivity index (χ4v) is 4.84. The van der Waals surface area contributed by atoms with Gasteiger partial charge in [-0.2, -0.15) is 4.31 Å². The van der Waals surface area contributed by atoms with Crippen LogP contribution in [0.1, 0.15) is 36.8 Å². The van der Waals surface area contributed by atoms with Gasteiger partial charge in [-0.3, -0.25) is 0 Å². The lowest BCUT2D eigenvalue weighted by Gasteiger charge is -2.23. The van der Waals surface area contributed by atoms with Crippen molar-refractivity contribution in [3.05, 3.63) is 23.3 Å². The predicted octanol–water partition coefficient (Wildman–Crippen LogP) is 2.91. The van der Waals surface area contributed by atoms with Gasteiger partial charge in [0.05, 0.1) is 4.90 Å². The van der Waals surface area contributed by atoms with E-state index in [-0.39, 0.29) is 0 Å². The molecule has 1 N–H and O–H groups in total. The number of rotatable bonds is 3. The fraction of sp³-hybridized carbons (Fsp3) is 0.600. The minimum Gasteiger partial charge on any atom is -0.388 e. The molecule has 112 valence electrons. The van der Waals surface area contributed by atoms with E-state index in [0.29, 0.717) is 18.0 Å². The lowest BCUT2D eigenvalue weighted by atomic mass is 10.1. The number of aryl methyl sites for hydroxylation is 2. The fourth-order valence-electron chi connectivity index (χ4n) is 2.91. The third-order valence-electron chi connectivity index (χ3n) is 3.91. The summed E-state index contributed by atoms with van der Waals surface area (Å²) in [6.07, 6.45) is 4.18. The normalized spacial score (nSPS) is 17.8. The molecule has 5 heteroatoms. The molecule has 0 aromatic heterocycles. The van der Waals surface area contributed by atoms with Gasteiger partial charge in [-0.05, 0) is 49.9 Å². The number of anilines is 1. The second kappa shape index (κ2) is 6.14. The molecule has 1 aromatic rings. The molecular formula is C15H24N2O2S. The summed E-state index contributed by atoms with van der Waals surface area (Å²) in [6.45, 7) is 5.04. The Hall–Kier alpha value is -1.07. The predicted molar refractivity (Wildman–Crippen MR) is 82.7 cm³/mol. The molecule has 1 saturated heterocycles. The van der Waals surface area contributed by atoms with E-state index in [9.17, 15) is 8.42 Å². The molecule has 2 rings (SSSR count). The minimum atomic E-state index is -3.37. The Balaban J connectivity index is 2.43. The Labute approximate surface area is 122 Å². The summed E-state index contributed by atoms with van der Waals surface area (Å²) >= 11 is 0. The van der Waals surface area contributed by atoms with Crippen LogP contribution in [0.15, 0.2) is 17.0 Å². The number of nitrogens with one attached hydrogen (secondary N) is 1. The number of hydrogen-bond acceptors (Lipinski definition) is 3. The van der Waals surface area contributed by atoms with Crippen LogP contribution in [0.5, 0.6) is 0 Å². The molecule has 0 aliphatic carbocycles. The van der Waals surface area contributed by atoms with Crippen LogP contribution < -0.4 is 5.32 Å². The van der Waals surface area contributed by atoms with Crippen LogP contribution in [-0.4, -0.2) is 32.9 Å². The van der Waals surface area contributed by atoms with Crippen molar-refractivity contribution in [3.8, 4) is 0 Å². The van der Waals surface area contributed by atoms with Crippen molar-refractivity contribution in [2.75, 3.05) is 25.5 Å². The molecule has 0 amide bonds. The van der Waals surface area contributed by atoms with Gasteiger partial charge >= 0.3 is 0 Å². The summed E-state index contributed by atoms with van der Waals surface area (Å²) < 4.78 is 27.4. The zero-order chi connectivity index (χ0) is 14.8. The van der Waals surface area contributed by atoms with Gasteiger partial charge in [0.2, 0.25) is 10.0 Å². The smallest absolute Gasteiger partial charge is 0.243 e. The second-order valence-corrected chi connectivity index (χ2v) is 7.38. The number of sulfonamides is 1. The highest BCUT2D eigenvalue weighted by Crippen LogP contribution is 2.28. The number of benzene rings is 1. The molecule has 0 spiro atoms. The second-order valence-electron chi connectivity index (χ2n) is 5.51. The highest BCUT2D eigenvalue weighted by molar-refractivity contribution is 7.89. The van der Waals surface area contributed by atoms with E-state index in [4.69, 9.17) is 0 Å². The molecule has 0 unspecified atom stereocenters. The third-order valence-corrected chi connectivity index (χ3v) is 6.12. The molecule has 4 nitrogen and oxygen atoms in total. The first-order chi connectivity index (χ1) is 9.46. The van der Waals surface area contributed by atoms with Gasteiger partial charge in [-0.1, -0.05) is 12.8 Å². The summed E-state index contributed by atoms with van der Waals surface area (Å²) in [5.74, 6) is 0. The maximum absolute atomic E-state index is 12.9. The van der Waals surface area contributed by atoms with Crippen LogP contribution in [0.25, 0.3) is 0 Å². The Morgan fingerprint density at radius 2 is 1.50 bits per heavy atom. The maximum Gasteiger partial charge on any atom is 0.243 e. The van der Waals surface area contributed by atoms with Crippen molar-refractivity contribution in [1.29, 1.82) is 0 Å². The third kappa shape index (κ3) is 2.99. The van der Waals surface area contributed by atoms with Gasteiger partial charge in [0, 0.05) is 25.8 Å². The van der Waals surface area contributed by atoms with Crippen LogP contribution in [0, 0.1) is 13.8 Å². The SMILES string of the molecule is CNc1cc(C)c(S(=O)(=O)N2CCCCCC2)c(C)c1. The van der Waals surface area contributed by atoms with Crippen LogP contribution >= 0.6 is 0 Å². The van der Waals surface area contributed by atoms with Crippen LogP contribution in [0.2, 0.25) is 0 Å². The molecule has 1 fully saturated rings. The molecule has 1 aromatic carbocycles. The van der Waals surface area contributed by atoms with Crippen molar-refractivity contribution >= 4 is 15.7 Å². The van der Waals surface area contributed by atoms with E-state index in [2.05, 4.69) is 5.32 Å². The maximum atomic E-state index is 12.9. The molecular weight excluding hydrogens is 272 g/mol.